The van der Waals surface area contributed by atoms with Crippen molar-refractivity contribution in [3.63, 3.8) is 0 Å². The molecule has 1 aliphatic carbocycles. The summed E-state index contributed by atoms with van der Waals surface area (Å²) in [5.41, 5.74) is -0.507. The Morgan fingerprint density at radius 3 is 2.57 bits per heavy atom. The summed E-state index contributed by atoms with van der Waals surface area (Å²) in [5, 5.41) is 5.77. The number of alkyl carbamates (subject to hydrolysis) is 1. The minimum atomic E-state index is -0.507. The fraction of sp³-hybridized carbons (Fsp3) is 0.875. The molecule has 2 atom stereocenters. The van der Waals surface area contributed by atoms with Gasteiger partial charge in [0.2, 0.25) is 5.91 Å². The number of nitrogens with one attached hydrogen (secondary N) is 2. The van der Waals surface area contributed by atoms with Crippen LogP contribution < -0.4 is 10.6 Å². The molecule has 7 nitrogen and oxygen atoms in total. The van der Waals surface area contributed by atoms with Gasteiger partial charge in [-0.05, 0) is 39.5 Å². The molecule has 0 spiro atoms. The van der Waals surface area contributed by atoms with Crippen LogP contribution in [-0.4, -0.2) is 57.1 Å². The number of carbonyl (C=O) groups excluding carboxylic acids is 2. The van der Waals surface area contributed by atoms with Gasteiger partial charge in [-0.3, -0.25) is 4.79 Å². The van der Waals surface area contributed by atoms with Gasteiger partial charge in [-0.25, -0.2) is 4.79 Å². The van der Waals surface area contributed by atoms with Crippen LogP contribution >= 0.6 is 0 Å². The minimum Gasteiger partial charge on any atom is -0.444 e. The van der Waals surface area contributed by atoms with Crippen LogP contribution in [0, 0.1) is 5.92 Å². The van der Waals surface area contributed by atoms with Crippen molar-refractivity contribution in [2.75, 3.05) is 33.5 Å². The maximum atomic E-state index is 11.8. The number of hydrogen-bond donors (Lipinski definition) is 2. The van der Waals surface area contributed by atoms with Gasteiger partial charge in [-0.1, -0.05) is 6.42 Å². The Morgan fingerprint density at radius 2 is 1.91 bits per heavy atom. The number of ether oxygens (including phenoxy) is 3. The van der Waals surface area contributed by atoms with E-state index < -0.39 is 11.7 Å². The van der Waals surface area contributed by atoms with E-state index in [-0.39, 0.29) is 24.5 Å². The number of amides is 2. The van der Waals surface area contributed by atoms with Gasteiger partial charge in [0.25, 0.3) is 0 Å². The summed E-state index contributed by atoms with van der Waals surface area (Å²) in [6.45, 7) is 6.89. The molecule has 0 saturated heterocycles. The predicted molar refractivity (Wildman–Crippen MR) is 86.2 cm³/mol. The van der Waals surface area contributed by atoms with Crippen molar-refractivity contribution in [3.05, 3.63) is 0 Å². The largest absolute Gasteiger partial charge is 0.444 e. The Kier molecular flexibility index (Phi) is 8.33. The third kappa shape index (κ3) is 8.76. The maximum absolute atomic E-state index is 11.8. The van der Waals surface area contributed by atoms with Crippen LogP contribution in [0.1, 0.15) is 40.0 Å². The number of methoxy groups -OCH3 is 1. The van der Waals surface area contributed by atoms with Crippen molar-refractivity contribution in [1.29, 1.82) is 0 Å². The van der Waals surface area contributed by atoms with Gasteiger partial charge in [0.15, 0.2) is 0 Å². The lowest BCUT2D eigenvalue weighted by molar-refractivity contribution is -0.127. The smallest absolute Gasteiger partial charge is 0.407 e. The second-order valence-electron chi connectivity index (χ2n) is 6.79. The topological polar surface area (TPSA) is 85.9 Å². The van der Waals surface area contributed by atoms with Crippen molar-refractivity contribution in [2.24, 2.45) is 5.92 Å². The van der Waals surface area contributed by atoms with Gasteiger partial charge >= 0.3 is 6.09 Å². The van der Waals surface area contributed by atoms with Crippen molar-refractivity contribution in [2.45, 2.75) is 51.7 Å². The molecule has 0 aliphatic heterocycles. The molecule has 1 aliphatic rings. The highest BCUT2D eigenvalue weighted by Crippen LogP contribution is 2.25. The Bertz CT molecular complexity index is 381. The zero-order chi connectivity index (χ0) is 17.3. The van der Waals surface area contributed by atoms with E-state index in [1.807, 2.05) is 20.8 Å². The molecule has 1 fully saturated rings. The first-order chi connectivity index (χ1) is 10.8. The predicted octanol–water partition coefficient (Wildman–Crippen LogP) is 1.46. The van der Waals surface area contributed by atoms with E-state index in [0.29, 0.717) is 19.8 Å². The molecule has 0 aromatic rings. The van der Waals surface area contributed by atoms with Gasteiger partial charge < -0.3 is 24.8 Å². The average molecular weight is 330 g/mol. The van der Waals surface area contributed by atoms with E-state index in [4.69, 9.17) is 14.2 Å². The standard InChI is InChI=1S/C16H30N2O5/c1-16(2,3)23-15(20)17-10-12-6-5-7-13(12)18-14(19)11-22-9-8-21-4/h12-13H,5-11H2,1-4H3,(H,17,20)(H,18,19)/t12-,13-/m0/s1. The highest BCUT2D eigenvalue weighted by atomic mass is 16.6. The fourth-order valence-corrected chi connectivity index (χ4v) is 2.56. The molecular formula is C16H30N2O5. The first-order valence-corrected chi connectivity index (χ1v) is 8.14. The lowest BCUT2D eigenvalue weighted by atomic mass is 10.0. The molecule has 2 N–H and O–H groups in total. The summed E-state index contributed by atoms with van der Waals surface area (Å²) in [7, 11) is 1.59. The van der Waals surface area contributed by atoms with E-state index in [1.54, 1.807) is 7.11 Å². The van der Waals surface area contributed by atoms with Gasteiger partial charge in [0, 0.05) is 19.7 Å². The van der Waals surface area contributed by atoms with Crippen LogP contribution in [0.2, 0.25) is 0 Å². The maximum Gasteiger partial charge on any atom is 0.407 e. The molecule has 7 heteroatoms. The highest BCUT2D eigenvalue weighted by Gasteiger charge is 2.29. The first kappa shape index (κ1) is 19.7. The third-order valence-electron chi connectivity index (χ3n) is 3.58. The molecule has 0 unspecified atom stereocenters. The van der Waals surface area contributed by atoms with Crippen molar-refractivity contribution in [1.82, 2.24) is 10.6 Å². The van der Waals surface area contributed by atoms with E-state index in [9.17, 15) is 9.59 Å². The lowest BCUT2D eigenvalue weighted by Crippen LogP contribution is -2.44. The zero-order valence-electron chi connectivity index (χ0n) is 14.6. The molecule has 0 radical (unpaired) electrons. The van der Waals surface area contributed by atoms with Gasteiger partial charge in [-0.15, -0.1) is 0 Å². The molecule has 23 heavy (non-hydrogen) atoms. The average Bonchev–Trinajstić information content (AvgIpc) is 2.87. The lowest BCUT2D eigenvalue weighted by Gasteiger charge is -2.23. The second-order valence-corrected chi connectivity index (χ2v) is 6.79. The molecule has 134 valence electrons. The molecule has 1 saturated carbocycles. The second kappa shape index (κ2) is 9.72. The van der Waals surface area contributed by atoms with Crippen LogP contribution in [0.4, 0.5) is 4.79 Å². The Labute approximate surface area is 138 Å². The Morgan fingerprint density at radius 1 is 1.17 bits per heavy atom. The normalized spacial score (nSPS) is 21.0. The summed E-state index contributed by atoms with van der Waals surface area (Å²) in [6, 6.07) is 0.0726. The van der Waals surface area contributed by atoms with Crippen LogP contribution in [0.25, 0.3) is 0 Å². The highest BCUT2D eigenvalue weighted by molar-refractivity contribution is 5.77. The van der Waals surface area contributed by atoms with E-state index >= 15 is 0 Å². The first-order valence-electron chi connectivity index (χ1n) is 8.14. The molecule has 1 rings (SSSR count). The summed E-state index contributed by atoms with van der Waals surface area (Å²) < 4.78 is 15.3. The van der Waals surface area contributed by atoms with Gasteiger partial charge in [0.05, 0.1) is 13.2 Å². The quantitative estimate of drug-likeness (QED) is 0.658. The molecule has 0 aromatic carbocycles. The number of carbonyl (C=O) groups is 2. The van der Waals surface area contributed by atoms with Crippen LogP contribution in [-0.2, 0) is 19.0 Å². The SMILES string of the molecule is COCCOCC(=O)N[C@H]1CCC[C@H]1CNC(=O)OC(C)(C)C. The summed E-state index contributed by atoms with van der Waals surface area (Å²) in [6.07, 6.45) is 2.52. The summed E-state index contributed by atoms with van der Waals surface area (Å²) >= 11 is 0. The van der Waals surface area contributed by atoms with Crippen LogP contribution in [0.15, 0.2) is 0 Å². The number of hydrogen-bond acceptors (Lipinski definition) is 5. The van der Waals surface area contributed by atoms with E-state index in [1.165, 1.54) is 0 Å². The summed E-state index contributed by atoms with van der Waals surface area (Å²) in [4.78, 5) is 23.5. The van der Waals surface area contributed by atoms with Crippen molar-refractivity contribution < 1.29 is 23.8 Å². The van der Waals surface area contributed by atoms with Crippen LogP contribution in [0.5, 0.6) is 0 Å². The van der Waals surface area contributed by atoms with E-state index in [0.717, 1.165) is 19.3 Å². The molecule has 0 aromatic heterocycles. The molecule has 0 bridgehead atoms. The zero-order valence-corrected chi connectivity index (χ0v) is 14.6. The van der Waals surface area contributed by atoms with Gasteiger partial charge in [0.1, 0.15) is 12.2 Å². The fourth-order valence-electron chi connectivity index (χ4n) is 2.56. The molecular weight excluding hydrogens is 300 g/mol. The van der Waals surface area contributed by atoms with Crippen molar-refractivity contribution >= 4 is 12.0 Å². The summed E-state index contributed by atoms with van der Waals surface area (Å²) in [5.74, 6) is 0.0979. The van der Waals surface area contributed by atoms with Crippen LogP contribution in [0.3, 0.4) is 0 Å². The molecule has 0 heterocycles. The third-order valence-corrected chi connectivity index (χ3v) is 3.58. The van der Waals surface area contributed by atoms with Gasteiger partial charge in [-0.2, -0.15) is 0 Å². The van der Waals surface area contributed by atoms with E-state index in [2.05, 4.69) is 10.6 Å². The number of rotatable bonds is 8. The van der Waals surface area contributed by atoms with Crippen molar-refractivity contribution in [3.8, 4) is 0 Å². The minimum absolute atomic E-state index is 0.0338. The monoisotopic (exact) mass is 330 g/mol. The molecule has 2 amide bonds. The Hall–Kier alpha value is -1.34. The Balaban J connectivity index is 2.28.